The zero-order chi connectivity index (χ0) is 15.7. The molecule has 2 saturated heterocycles. The van der Waals surface area contributed by atoms with E-state index >= 15 is 0 Å². The highest BCUT2D eigenvalue weighted by Gasteiger charge is 2.38. The SMILES string of the molecule is CC(C)[C@@H]1CN2C[C@H](Nc3ccc(C(N)=O)cn3)C[C@H]2CO1. The normalized spacial score (nSPS) is 28.6. The number of nitrogens with one attached hydrogen (secondary N) is 1. The van der Waals surface area contributed by atoms with Crippen LogP contribution >= 0.6 is 0 Å². The third-order valence-electron chi connectivity index (χ3n) is 4.59. The highest BCUT2D eigenvalue weighted by Crippen LogP contribution is 2.27. The number of rotatable bonds is 4. The molecule has 2 aliphatic heterocycles. The topological polar surface area (TPSA) is 80.5 Å². The maximum atomic E-state index is 11.1. The summed E-state index contributed by atoms with van der Waals surface area (Å²) in [6, 6.07) is 4.38. The van der Waals surface area contributed by atoms with Gasteiger partial charge in [-0.05, 0) is 24.5 Å². The van der Waals surface area contributed by atoms with Crippen LogP contribution in [-0.2, 0) is 4.74 Å². The molecule has 0 saturated carbocycles. The summed E-state index contributed by atoms with van der Waals surface area (Å²) in [6.07, 6.45) is 2.91. The lowest BCUT2D eigenvalue weighted by molar-refractivity contribution is -0.0683. The number of nitrogens with zero attached hydrogens (tertiary/aromatic N) is 2. The number of morpholine rings is 1. The van der Waals surface area contributed by atoms with Crippen LogP contribution in [0.2, 0.25) is 0 Å². The van der Waals surface area contributed by atoms with Gasteiger partial charge in [0.2, 0.25) is 5.91 Å². The Bertz CT molecular complexity index is 531. The van der Waals surface area contributed by atoms with E-state index in [1.165, 1.54) is 6.20 Å². The lowest BCUT2D eigenvalue weighted by Crippen LogP contribution is -2.48. The Kier molecular flexibility index (Phi) is 4.31. The summed E-state index contributed by atoms with van der Waals surface area (Å²) in [5.74, 6) is 0.890. The Hall–Kier alpha value is -1.66. The minimum absolute atomic E-state index is 0.336. The van der Waals surface area contributed by atoms with Crippen LogP contribution < -0.4 is 11.1 Å². The zero-order valence-electron chi connectivity index (χ0n) is 13.2. The van der Waals surface area contributed by atoms with Crippen molar-refractivity contribution in [2.45, 2.75) is 38.5 Å². The molecule has 3 heterocycles. The van der Waals surface area contributed by atoms with Crippen LogP contribution in [0.3, 0.4) is 0 Å². The molecule has 2 aliphatic rings. The van der Waals surface area contributed by atoms with Crippen molar-refractivity contribution in [3.63, 3.8) is 0 Å². The average Bonchev–Trinajstić information content (AvgIpc) is 2.88. The summed E-state index contributed by atoms with van der Waals surface area (Å²) in [6.45, 7) is 7.25. The molecule has 0 aromatic carbocycles. The number of primary amides is 1. The third-order valence-corrected chi connectivity index (χ3v) is 4.59. The van der Waals surface area contributed by atoms with E-state index in [9.17, 15) is 4.79 Å². The van der Waals surface area contributed by atoms with Crippen molar-refractivity contribution < 1.29 is 9.53 Å². The van der Waals surface area contributed by atoms with Crippen molar-refractivity contribution >= 4 is 11.7 Å². The number of anilines is 1. The van der Waals surface area contributed by atoms with Gasteiger partial charge in [0.25, 0.3) is 0 Å². The number of carbonyl (C=O) groups excluding carboxylic acids is 1. The molecule has 2 fully saturated rings. The first kappa shape index (κ1) is 15.2. The first-order valence-corrected chi connectivity index (χ1v) is 7.91. The van der Waals surface area contributed by atoms with Gasteiger partial charge in [-0.15, -0.1) is 0 Å². The number of hydrogen-bond acceptors (Lipinski definition) is 5. The Morgan fingerprint density at radius 3 is 2.91 bits per heavy atom. The molecule has 3 N–H and O–H groups in total. The number of nitrogens with two attached hydrogens (primary N) is 1. The van der Waals surface area contributed by atoms with Crippen molar-refractivity contribution in [1.29, 1.82) is 0 Å². The quantitative estimate of drug-likeness (QED) is 0.870. The van der Waals surface area contributed by atoms with Gasteiger partial charge in [0.05, 0.1) is 18.3 Å². The van der Waals surface area contributed by atoms with Crippen molar-refractivity contribution in [1.82, 2.24) is 9.88 Å². The molecule has 0 spiro atoms. The van der Waals surface area contributed by atoms with Crippen molar-refractivity contribution in [2.75, 3.05) is 25.0 Å². The number of ether oxygens (including phenoxy) is 1. The number of aromatic nitrogens is 1. The van der Waals surface area contributed by atoms with Gasteiger partial charge in [0.15, 0.2) is 0 Å². The van der Waals surface area contributed by atoms with E-state index < -0.39 is 5.91 Å². The van der Waals surface area contributed by atoms with Crippen LogP contribution in [0.5, 0.6) is 0 Å². The van der Waals surface area contributed by atoms with Gasteiger partial charge in [-0.1, -0.05) is 13.8 Å². The summed E-state index contributed by atoms with van der Waals surface area (Å²) in [7, 11) is 0. The summed E-state index contributed by atoms with van der Waals surface area (Å²) in [5, 5.41) is 3.45. The van der Waals surface area contributed by atoms with Gasteiger partial charge in [0, 0.05) is 31.4 Å². The minimum Gasteiger partial charge on any atom is -0.375 e. The fourth-order valence-electron chi connectivity index (χ4n) is 3.24. The molecule has 6 nitrogen and oxygen atoms in total. The second-order valence-corrected chi connectivity index (χ2v) is 6.60. The second-order valence-electron chi connectivity index (χ2n) is 6.60. The Balaban J connectivity index is 1.58. The van der Waals surface area contributed by atoms with Crippen LogP contribution in [0.25, 0.3) is 0 Å². The molecule has 22 heavy (non-hydrogen) atoms. The van der Waals surface area contributed by atoms with E-state index in [0.717, 1.165) is 31.9 Å². The summed E-state index contributed by atoms with van der Waals surface area (Å²) >= 11 is 0. The highest BCUT2D eigenvalue weighted by atomic mass is 16.5. The van der Waals surface area contributed by atoms with Gasteiger partial charge >= 0.3 is 0 Å². The van der Waals surface area contributed by atoms with Gasteiger partial charge < -0.3 is 15.8 Å². The molecule has 1 aromatic heterocycles. The Labute approximate surface area is 131 Å². The lowest BCUT2D eigenvalue weighted by Gasteiger charge is -2.36. The number of hydrogen-bond donors (Lipinski definition) is 2. The summed E-state index contributed by atoms with van der Waals surface area (Å²) < 4.78 is 5.96. The minimum atomic E-state index is -0.450. The Morgan fingerprint density at radius 2 is 2.27 bits per heavy atom. The van der Waals surface area contributed by atoms with Gasteiger partial charge in [0.1, 0.15) is 5.82 Å². The zero-order valence-corrected chi connectivity index (χ0v) is 13.2. The van der Waals surface area contributed by atoms with E-state index in [0.29, 0.717) is 29.7 Å². The van der Waals surface area contributed by atoms with E-state index in [1.807, 2.05) is 6.07 Å². The molecule has 6 heteroatoms. The largest absolute Gasteiger partial charge is 0.375 e. The molecule has 1 amide bonds. The van der Waals surface area contributed by atoms with E-state index in [4.69, 9.17) is 10.5 Å². The van der Waals surface area contributed by atoms with Crippen LogP contribution in [-0.4, -0.2) is 53.7 Å². The predicted octanol–water partition coefficient (Wildman–Crippen LogP) is 1.09. The molecule has 0 radical (unpaired) electrons. The molecule has 0 unspecified atom stereocenters. The number of fused-ring (bicyclic) bond motifs is 1. The summed E-state index contributed by atoms with van der Waals surface area (Å²) in [4.78, 5) is 17.8. The highest BCUT2D eigenvalue weighted by molar-refractivity contribution is 5.92. The molecule has 0 bridgehead atoms. The average molecular weight is 304 g/mol. The number of pyridine rings is 1. The monoisotopic (exact) mass is 304 g/mol. The van der Waals surface area contributed by atoms with E-state index in [1.54, 1.807) is 6.07 Å². The smallest absolute Gasteiger partial charge is 0.250 e. The molecule has 0 aliphatic carbocycles. The summed E-state index contributed by atoms with van der Waals surface area (Å²) in [5.41, 5.74) is 5.66. The number of amides is 1. The molecule has 1 aromatic rings. The standard InChI is InChI=1S/C16H24N4O2/c1-10(2)14-8-20-7-12(5-13(20)9-22-14)19-15-4-3-11(6-18-15)16(17)21/h3-4,6,10,12-14H,5,7-9H2,1-2H3,(H2,17,21)(H,18,19)/t12-,13+,14+/m1/s1. The van der Waals surface area contributed by atoms with Crippen LogP contribution in [0, 0.1) is 5.92 Å². The van der Waals surface area contributed by atoms with Crippen molar-refractivity contribution in [2.24, 2.45) is 11.7 Å². The van der Waals surface area contributed by atoms with Gasteiger partial charge in [-0.3, -0.25) is 9.69 Å². The van der Waals surface area contributed by atoms with Gasteiger partial charge in [-0.25, -0.2) is 4.98 Å². The van der Waals surface area contributed by atoms with Crippen LogP contribution in [0.1, 0.15) is 30.6 Å². The molecular weight excluding hydrogens is 280 g/mol. The van der Waals surface area contributed by atoms with Gasteiger partial charge in [-0.2, -0.15) is 0 Å². The lowest BCUT2D eigenvalue weighted by atomic mass is 10.0. The van der Waals surface area contributed by atoms with E-state index in [2.05, 4.69) is 29.0 Å². The van der Waals surface area contributed by atoms with Crippen LogP contribution in [0.15, 0.2) is 18.3 Å². The predicted molar refractivity (Wildman–Crippen MR) is 84.7 cm³/mol. The van der Waals surface area contributed by atoms with Crippen molar-refractivity contribution in [3.8, 4) is 0 Å². The second kappa shape index (κ2) is 6.22. The number of carbonyl (C=O) groups is 1. The first-order chi connectivity index (χ1) is 10.5. The Morgan fingerprint density at radius 1 is 1.45 bits per heavy atom. The third kappa shape index (κ3) is 3.23. The molecule has 3 rings (SSSR count). The van der Waals surface area contributed by atoms with Crippen LogP contribution in [0.4, 0.5) is 5.82 Å². The van der Waals surface area contributed by atoms with E-state index in [-0.39, 0.29) is 0 Å². The maximum Gasteiger partial charge on any atom is 0.250 e. The fourth-order valence-corrected chi connectivity index (χ4v) is 3.24. The fraction of sp³-hybridized carbons (Fsp3) is 0.625. The first-order valence-electron chi connectivity index (χ1n) is 7.91. The molecule has 120 valence electrons. The van der Waals surface area contributed by atoms with Crippen molar-refractivity contribution in [3.05, 3.63) is 23.9 Å². The molecular formula is C16H24N4O2. The molecule has 3 atom stereocenters. The maximum absolute atomic E-state index is 11.1.